The summed E-state index contributed by atoms with van der Waals surface area (Å²) >= 11 is 0. The van der Waals surface area contributed by atoms with Crippen molar-refractivity contribution >= 4 is 21.8 Å². The minimum atomic E-state index is -3.61. The number of sulfone groups is 1. The summed E-state index contributed by atoms with van der Waals surface area (Å²) in [5.74, 6) is -3.89. The molecule has 0 fully saturated rings. The zero-order chi connectivity index (χ0) is 13.1. The number of aliphatic carboxylic acids is 1. The van der Waals surface area contributed by atoms with Crippen LogP contribution in [-0.4, -0.2) is 36.3 Å². The van der Waals surface area contributed by atoms with Gasteiger partial charge in [-0.3, -0.25) is 4.79 Å². The summed E-state index contributed by atoms with van der Waals surface area (Å²) in [6.07, 6.45) is -0.491. The van der Waals surface area contributed by atoms with Crippen molar-refractivity contribution < 1.29 is 32.6 Å². The van der Waals surface area contributed by atoms with E-state index in [9.17, 15) is 18.0 Å². The largest absolute Gasteiger partial charge is 0.481 e. The minimum Gasteiger partial charge on any atom is -0.481 e. The first-order chi connectivity index (χ1) is 7.80. The highest BCUT2D eigenvalue weighted by Gasteiger charge is 2.17. The van der Waals surface area contributed by atoms with Crippen LogP contribution in [0, 0.1) is 0 Å². The Morgan fingerprint density at radius 3 is 2.35 bits per heavy atom. The van der Waals surface area contributed by atoms with Gasteiger partial charge in [0.25, 0.3) is 0 Å². The van der Waals surface area contributed by atoms with Crippen molar-refractivity contribution in [1.82, 2.24) is 0 Å². The summed E-state index contributed by atoms with van der Waals surface area (Å²) in [5.41, 5.74) is 0. The molecule has 0 unspecified atom stereocenters. The van der Waals surface area contributed by atoms with E-state index < -0.39 is 39.7 Å². The van der Waals surface area contributed by atoms with Gasteiger partial charge in [-0.05, 0) is 12.1 Å². The number of carboxylic acid groups (broad SMARTS) is 2. The van der Waals surface area contributed by atoms with Gasteiger partial charge in [-0.2, -0.15) is 0 Å². The lowest BCUT2D eigenvalue weighted by Crippen LogP contribution is -2.12. The van der Waals surface area contributed by atoms with Crippen LogP contribution in [-0.2, 0) is 20.4 Å². The third-order valence-electron chi connectivity index (χ3n) is 1.86. The first-order valence-electron chi connectivity index (χ1n) is 4.54. The fourth-order valence-corrected chi connectivity index (χ4v) is 2.32. The maximum Gasteiger partial charge on any atom is 0.371 e. The summed E-state index contributed by atoms with van der Waals surface area (Å²) in [6.45, 7) is 0. The second-order valence-electron chi connectivity index (χ2n) is 3.31. The summed E-state index contributed by atoms with van der Waals surface area (Å²) in [4.78, 5) is 20.7. The zero-order valence-corrected chi connectivity index (χ0v) is 9.44. The molecule has 2 N–H and O–H groups in total. The molecule has 0 amide bonds. The SMILES string of the molecule is O=C(O)CCS(=O)(=O)Cc1ccc(C(=O)O)o1. The van der Waals surface area contributed by atoms with Crippen LogP contribution in [0.1, 0.15) is 22.7 Å². The highest BCUT2D eigenvalue weighted by atomic mass is 32.2. The van der Waals surface area contributed by atoms with Crippen molar-refractivity contribution in [3.8, 4) is 0 Å². The molecule has 0 atom stereocenters. The molecule has 0 aliphatic heterocycles. The maximum atomic E-state index is 11.4. The molecule has 1 rings (SSSR count). The second-order valence-corrected chi connectivity index (χ2v) is 5.49. The van der Waals surface area contributed by atoms with Gasteiger partial charge >= 0.3 is 11.9 Å². The number of carbonyl (C=O) groups is 2. The Hall–Kier alpha value is -1.83. The number of furan rings is 1. The summed E-state index contributed by atoms with van der Waals surface area (Å²) in [7, 11) is -3.61. The van der Waals surface area contributed by atoms with Crippen LogP contribution < -0.4 is 0 Å². The van der Waals surface area contributed by atoms with E-state index in [2.05, 4.69) is 0 Å². The summed E-state index contributed by atoms with van der Waals surface area (Å²) in [6, 6.07) is 2.38. The van der Waals surface area contributed by atoms with E-state index in [-0.39, 0.29) is 11.5 Å². The van der Waals surface area contributed by atoms with Gasteiger partial charge in [0.1, 0.15) is 11.5 Å². The van der Waals surface area contributed by atoms with Crippen LogP contribution in [0.5, 0.6) is 0 Å². The Labute approximate surface area is 96.6 Å². The first-order valence-corrected chi connectivity index (χ1v) is 6.36. The lowest BCUT2D eigenvalue weighted by atomic mass is 10.4. The third-order valence-corrected chi connectivity index (χ3v) is 3.41. The summed E-state index contributed by atoms with van der Waals surface area (Å²) in [5, 5.41) is 16.9. The number of hydrogen-bond donors (Lipinski definition) is 2. The van der Waals surface area contributed by atoms with Crippen molar-refractivity contribution in [2.75, 3.05) is 5.75 Å². The molecule has 0 aliphatic carbocycles. The van der Waals surface area contributed by atoms with Gasteiger partial charge in [0.2, 0.25) is 5.76 Å². The maximum absolute atomic E-state index is 11.4. The van der Waals surface area contributed by atoms with Crippen molar-refractivity contribution in [3.63, 3.8) is 0 Å². The van der Waals surface area contributed by atoms with Crippen LogP contribution in [0.3, 0.4) is 0 Å². The quantitative estimate of drug-likeness (QED) is 0.759. The van der Waals surface area contributed by atoms with Crippen LogP contribution in [0.15, 0.2) is 16.5 Å². The van der Waals surface area contributed by atoms with Crippen molar-refractivity contribution in [3.05, 3.63) is 23.7 Å². The summed E-state index contributed by atoms with van der Waals surface area (Å²) < 4.78 is 27.6. The molecule has 0 spiro atoms. The van der Waals surface area contributed by atoms with E-state index in [4.69, 9.17) is 14.6 Å². The molecule has 7 nitrogen and oxygen atoms in total. The Kier molecular flexibility index (Phi) is 3.89. The monoisotopic (exact) mass is 262 g/mol. The highest BCUT2D eigenvalue weighted by Crippen LogP contribution is 2.12. The third kappa shape index (κ3) is 4.27. The molecule has 94 valence electrons. The fourth-order valence-electron chi connectivity index (χ4n) is 1.10. The number of aromatic carboxylic acids is 1. The molecule has 0 aromatic carbocycles. The molecule has 0 bridgehead atoms. The molecular formula is C9H10O7S. The van der Waals surface area contributed by atoms with Crippen LogP contribution in [0.2, 0.25) is 0 Å². The van der Waals surface area contributed by atoms with E-state index in [0.29, 0.717) is 0 Å². The average molecular weight is 262 g/mol. The highest BCUT2D eigenvalue weighted by molar-refractivity contribution is 7.90. The number of hydrogen-bond acceptors (Lipinski definition) is 5. The van der Waals surface area contributed by atoms with Gasteiger partial charge in [-0.15, -0.1) is 0 Å². The van der Waals surface area contributed by atoms with Crippen molar-refractivity contribution in [1.29, 1.82) is 0 Å². The van der Waals surface area contributed by atoms with Crippen LogP contribution >= 0.6 is 0 Å². The normalized spacial score (nSPS) is 11.3. The van der Waals surface area contributed by atoms with Gasteiger partial charge in [0, 0.05) is 0 Å². The van der Waals surface area contributed by atoms with Crippen LogP contribution in [0.4, 0.5) is 0 Å². The van der Waals surface area contributed by atoms with Gasteiger partial charge in [0.15, 0.2) is 9.84 Å². The molecule has 8 heteroatoms. The molecule has 0 aliphatic rings. The van der Waals surface area contributed by atoms with E-state index in [1.54, 1.807) is 0 Å². The predicted molar refractivity (Wildman–Crippen MR) is 55.4 cm³/mol. The molecule has 1 aromatic rings. The van der Waals surface area contributed by atoms with E-state index in [1.165, 1.54) is 6.07 Å². The van der Waals surface area contributed by atoms with E-state index in [1.807, 2.05) is 0 Å². The molecular weight excluding hydrogens is 252 g/mol. The lowest BCUT2D eigenvalue weighted by molar-refractivity contribution is -0.136. The Bertz CT molecular complexity index is 525. The second kappa shape index (κ2) is 5.00. The van der Waals surface area contributed by atoms with Crippen molar-refractivity contribution in [2.45, 2.75) is 12.2 Å². The number of carboxylic acids is 2. The topological polar surface area (TPSA) is 122 Å². The Morgan fingerprint density at radius 1 is 1.24 bits per heavy atom. The smallest absolute Gasteiger partial charge is 0.371 e. The number of rotatable bonds is 6. The van der Waals surface area contributed by atoms with Gasteiger partial charge in [0.05, 0.1) is 12.2 Å². The molecule has 0 radical (unpaired) electrons. The van der Waals surface area contributed by atoms with Gasteiger partial charge < -0.3 is 14.6 Å². The van der Waals surface area contributed by atoms with E-state index in [0.717, 1.165) is 6.07 Å². The van der Waals surface area contributed by atoms with Crippen LogP contribution in [0.25, 0.3) is 0 Å². The standard InChI is InChI=1S/C9H10O7S/c10-8(11)3-4-17(14,15)5-6-1-2-7(16-6)9(12)13/h1-2H,3-5H2,(H,10,11)(H,12,13). The molecule has 17 heavy (non-hydrogen) atoms. The Balaban J connectivity index is 2.69. The zero-order valence-electron chi connectivity index (χ0n) is 8.62. The minimum absolute atomic E-state index is 0.0206. The van der Waals surface area contributed by atoms with Gasteiger partial charge in [-0.1, -0.05) is 0 Å². The molecule has 0 saturated carbocycles. The molecule has 1 aromatic heterocycles. The lowest BCUT2D eigenvalue weighted by Gasteiger charge is -1.99. The molecule has 1 heterocycles. The Morgan fingerprint density at radius 2 is 1.88 bits per heavy atom. The fraction of sp³-hybridized carbons (Fsp3) is 0.333. The van der Waals surface area contributed by atoms with Crippen molar-refractivity contribution in [2.24, 2.45) is 0 Å². The van der Waals surface area contributed by atoms with E-state index >= 15 is 0 Å². The molecule has 0 saturated heterocycles. The first kappa shape index (κ1) is 13.2. The van der Waals surface area contributed by atoms with Gasteiger partial charge in [-0.25, -0.2) is 13.2 Å². The predicted octanol–water partition coefficient (Wildman–Crippen LogP) is 0.367. The average Bonchev–Trinajstić information content (AvgIpc) is 2.63.